The van der Waals surface area contributed by atoms with Crippen molar-refractivity contribution in [1.82, 2.24) is 0 Å². The van der Waals surface area contributed by atoms with Crippen LogP contribution in [0.4, 0.5) is 4.39 Å². The second-order valence-electron chi connectivity index (χ2n) is 6.66. The zero-order valence-corrected chi connectivity index (χ0v) is 16.9. The van der Waals surface area contributed by atoms with Crippen LogP contribution in [-0.2, 0) is 4.74 Å². The van der Waals surface area contributed by atoms with Gasteiger partial charge in [-0.1, -0.05) is 31.4 Å². The Morgan fingerprint density at radius 1 is 1.30 bits per heavy atom. The van der Waals surface area contributed by atoms with Gasteiger partial charge in [0.05, 0.1) is 6.61 Å². The van der Waals surface area contributed by atoms with Gasteiger partial charge in [0.1, 0.15) is 5.82 Å². The summed E-state index contributed by atoms with van der Waals surface area (Å²) in [5.74, 6) is -0.274. The van der Waals surface area contributed by atoms with Crippen LogP contribution in [0.5, 0.6) is 0 Å². The van der Waals surface area contributed by atoms with Crippen LogP contribution in [0.2, 0.25) is 25.7 Å². The first kappa shape index (κ1) is 20.3. The number of ketones is 1. The number of thiocarbonyl (C=S) groups is 1. The van der Waals surface area contributed by atoms with Crippen molar-refractivity contribution in [2.45, 2.75) is 50.7 Å². The Bertz CT molecular complexity index is 526. The predicted molar refractivity (Wildman–Crippen MR) is 104 cm³/mol. The van der Waals surface area contributed by atoms with E-state index in [1.54, 1.807) is 23.9 Å². The number of halogens is 1. The van der Waals surface area contributed by atoms with Gasteiger partial charge in [0.2, 0.25) is 4.38 Å². The van der Waals surface area contributed by atoms with E-state index in [1.807, 2.05) is 6.92 Å². The van der Waals surface area contributed by atoms with Gasteiger partial charge in [0.15, 0.2) is 5.78 Å². The third kappa shape index (κ3) is 8.63. The van der Waals surface area contributed by atoms with Gasteiger partial charge in [-0.05, 0) is 55.9 Å². The van der Waals surface area contributed by atoms with Crippen molar-refractivity contribution >= 4 is 42.2 Å². The molecule has 1 unspecified atom stereocenters. The molecule has 0 aliphatic heterocycles. The Morgan fingerprint density at radius 3 is 2.43 bits per heavy atom. The molecule has 6 heteroatoms. The molecule has 0 aliphatic rings. The van der Waals surface area contributed by atoms with E-state index < -0.39 is 8.07 Å². The van der Waals surface area contributed by atoms with Crippen LogP contribution in [0, 0.1) is 5.82 Å². The van der Waals surface area contributed by atoms with E-state index in [9.17, 15) is 9.18 Å². The highest BCUT2D eigenvalue weighted by Gasteiger charge is 2.23. The van der Waals surface area contributed by atoms with Crippen LogP contribution in [0.3, 0.4) is 0 Å². The van der Waals surface area contributed by atoms with Crippen molar-refractivity contribution in [1.29, 1.82) is 0 Å². The number of hydrogen-bond acceptors (Lipinski definition) is 4. The molecule has 0 amide bonds. The highest BCUT2D eigenvalue weighted by atomic mass is 32.2. The summed E-state index contributed by atoms with van der Waals surface area (Å²) in [5, 5.41) is 0.296. The zero-order valence-electron chi connectivity index (χ0n) is 14.2. The lowest BCUT2D eigenvalue weighted by atomic mass is 10.1. The smallest absolute Gasteiger partial charge is 0.220 e. The Labute approximate surface area is 149 Å². The van der Waals surface area contributed by atoms with Crippen LogP contribution in [0.1, 0.15) is 30.1 Å². The van der Waals surface area contributed by atoms with Gasteiger partial charge in [-0.2, -0.15) is 0 Å². The highest BCUT2D eigenvalue weighted by Crippen LogP contribution is 2.28. The lowest BCUT2D eigenvalue weighted by molar-refractivity contribution is 0.0980. The molecule has 0 fully saturated rings. The van der Waals surface area contributed by atoms with Gasteiger partial charge in [0, 0.05) is 25.3 Å². The minimum atomic E-state index is -1.27. The lowest BCUT2D eigenvalue weighted by Gasteiger charge is -2.24. The fraction of sp³-hybridized carbons (Fsp3) is 0.529. The molecule has 1 rings (SSSR count). The average molecular weight is 373 g/mol. The second kappa shape index (κ2) is 9.54. The standard InChI is InChI=1S/C17H25FO2S2Si/c1-5-20-17(21)22-15(12-23(2,3)4)10-11-16(19)13-6-8-14(18)9-7-13/h6-9,15H,5,10-12H2,1-4H3. The van der Waals surface area contributed by atoms with Gasteiger partial charge >= 0.3 is 0 Å². The quantitative estimate of drug-likeness (QED) is 0.339. The molecule has 1 aromatic rings. The molecule has 23 heavy (non-hydrogen) atoms. The van der Waals surface area contributed by atoms with Crippen molar-refractivity contribution in [2.24, 2.45) is 0 Å². The number of Topliss-reactive ketones (excluding diaryl/α,β-unsaturated/α-hetero) is 1. The Balaban J connectivity index is 2.63. The van der Waals surface area contributed by atoms with Crippen molar-refractivity contribution in [3.63, 3.8) is 0 Å². The fourth-order valence-corrected chi connectivity index (χ4v) is 6.87. The number of benzene rings is 1. The largest absolute Gasteiger partial charge is 0.479 e. The van der Waals surface area contributed by atoms with Gasteiger partial charge < -0.3 is 4.74 Å². The third-order valence-electron chi connectivity index (χ3n) is 3.22. The van der Waals surface area contributed by atoms with Crippen LogP contribution < -0.4 is 0 Å². The Kier molecular flexibility index (Phi) is 8.43. The number of ether oxygens (including phenoxy) is 1. The SMILES string of the molecule is CCOC(=S)SC(CCC(=O)c1ccc(F)cc1)C[Si](C)(C)C. The predicted octanol–water partition coefficient (Wildman–Crippen LogP) is 5.55. The van der Waals surface area contributed by atoms with Gasteiger partial charge in [-0.25, -0.2) is 4.39 Å². The van der Waals surface area contributed by atoms with Crippen LogP contribution in [-0.4, -0.2) is 30.1 Å². The summed E-state index contributed by atoms with van der Waals surface area (Å²) in [4.78, 5) is 12.3. The fourth-order valence-electron chi connectivity index (χ4n) is 2.25. The first-order valence-corrected chi connectivity index (χ1v) is 12.8. The molecule has 0 bridgehead atoms. The van der Waals surface area contributed by atoms with E-state index in [1.165, 1.54) is 12.1 Å². The molecule has 128 valence electrons. The molecule has 0 spiro atoms. The minimum absolute atomic E-state index is 0.0495. The summed E-state index contributed by atoms with van der Waals surface area (Å²) < 4.78 is 18.9. The maximum atomic E-state index is 12.9. The molecule has 0 aromatic heterocycles. The molecule has 0 aliphatic carbocycles. The number of carbonyl (C=O) groups is 1. The summed E-state index contributed by atoms with van der Waals surface area (Å²) in [6, 6.07) is 6.82. The molecule has 0 heterocycles. The molecular weight excluding hydrogens is 347 g/mol. The average Bonchev–Trinajstić information content (AvgIpc) is 2.44. The summed E-state index contributed by atoms with van der Waals surface area (Å²) in [6.45, 7) is 9.42. The first-order valence-electron chi connectivity index (χ1n) is 7.83. The number of thioether (sulfide) groups is 1. The maximum Gasteiger partial charge on any atom is 0.220 e. The number of carbonyl (C=O) groups excluding carboxylic acids is 1. The van der Waals surface area contributed by atoms with E-state index in [-0.39, 0.29) is 11.6 Å². The van der Waals surface area contributed by atoms with Crippen molar-refractivity contribution in [3.05, 3.63) is 35.6 Å². The van der Waals surface area contributed by atoms with Gasteiger partial charge in [-0.3, -0.25) is 4.79 Å². The second-order valence-corrected chi connectivity index (χ2v) is 14.1. The van der Waals surface area contributed by atoms with Crippen molar-refractivity contribution < 1.29 is 13.9 Å². The van der Waals surface area contributed by atoms with Crippen LogP contribution in [0.25, 0.3) is 0 Å². The molecule has 0 saturated heterocycles. The minimum Gasteiger partial charge on any atom is -0.479 e. The van der Waals surface area contributed by atoms with Crippen LogP contribution >= 0.6 is 24.0 Å². The van der Waals surface area contributed by atoms with E-state index in [4.69, 9.17) is 17.0 Å². The maximum absolute atomic E-state index is 12.9. The number of rotatable bonds is 8. The number of hydrogen-bond donors (Lipinski definition) is 0. The van der Waals surface area contributed by atoms with Gasteiger partial charge in [0.25, 0.3) is 0 Å². The first-order chi connectivity index (χ1) is 10.7. The van der Waals surface area contributed by atoms with E-state index >= 15 is 0 Å². The highest BCUT2D eigenvalue weighted by molar-refractivity contribution is 8.23. The van der Waals surface area contributed by atoms with Crippen molar-refractivity contribution in [3.8, 4) is 0 Å². The normalized spacial score (nSPS) is 12.7. The summed E-state index contributed by atoms with van der Waals surface area (Å²) >= 11 is 6.80. The van der Waals surface area contributed by atoms with Gasteiger partial charge in [-0.15, -0.1) is 0 Å². The third-order valence-corrected chi connectivity index (χ3v) is 6.69. The topological polar surface area (TPSA) is 26.3 Å². The van der Waals surface area contributed by atoms with E-state index in [2.05, 4.69) is 19.6 Å². The van der Waals surface area contributed by atoms with Crippen molar-refractivity contribution in [2.75, 3.05) is 6.61 Å². The van der Waals surface area contributed by atoms with E-state index in [0.717, 1.165) is 12.5 Å². The molecule has 1 aromatic carbocycles. The molecule has 0 N–H and O–H groups in total. The lowest BCUT2D eigenvalue weighted by Crippen LogP contribution is -2.26. The van der Waals surface area contributed by atoms with E-state index in [0.29, 0.717) is 28.2 Å². The van der Waals surface area contributed by atoms with Crippen LogP contribution in [0.15, 0.2) is 24.3 Å². The summed E-state index contributed by atoms with van der Waals surface area (Å²) in [7, 11) is -1.27. The summed E-state index contributed by atoms with van der Waals surface area (Å²) in [6.07, 6.45) is 1.21. The Hall–Kier alpha value is -0.723. The summed E-state index contributed by atoms with van der Waals surface area (Å²) in [5.41, 5.74) is 0.565. The Morgan fingerprint density at radius 2 is 1.91 bits per heavy atom. The molecule has 0 saturated carbocycles. The monoisotopic (exact) mass is 372 g/mol. The molecule has 2 nitrogen and oxygen atoms in total. The molecule has 1 atom stereocenters. The molecule has 0 radical (unpaired) electrons. The zero-order chi connectivity index (χ0) is 17.5. The molecular formula is C17H25FO2S2Si.